The summed E-state index contributed by atoms with van der Waals surface area (Å²) < 4.78 is 24.2. The highest BCUT2D eigenvalue weighted by molar-refractivity contribution is 7.90. The van der Waals surface area contributed by atoms with Crippen molar-refractivity contribution in [2.24, 2.45) is 0 Å². The number of ketones is 1. The number of hydrogen-bond donors (Lipinski definition) is 1. The molecule has 0 bridgehead atoms. The maximum absolute atomic E-state index is 11.9. The second kappa shape index (κ2) is 6.57. The van der Waals surface area contributed by atoms with E-state index in [1.165, 1.54) is 41.4 Å². The third-order valence-corrected chi connectivity index (χ3v) is 4.10. The molecule has 0 unspecified atom stereocenters. The fraction of sp³-hybridized carbons (Fsp3) is 0.133. The van der Waals surface area contributed by atoms with Gasteiger partial charge in [0.2, 0.25) is 11.2 Å². The number of nitrogens with zero attached hydrogens (tertiary/aromatic N) is 2. The third kappa shape index (κ3) is 3.92. The Morgan fingerprint density at radius 3 is 2.43 bits per heavy atom. The van der Waals surface area contributed by atoms with E-state index in [4.69, 9.17) is 0 Å². The Bertz CT molecular complexity index is 912. The molecule has 0 fully saturated rings. The molecule has 2 rings (SSSR count). The summed E-state index contributed by atoms with van der Waals surface area (Å²) in [6.45, 7) is 0. The summed E-state index contributed by atoms with van der Waals surface area (Å²) >= 11 is 0. The molecule has 0 amide bonds. The highest BCUT2D eigenvalue weighted by atomic mass is 32.2. The van der Waals surface area contributed by atoms with Gasteiger partial charge in [-0.25, -0.2) is 13.1 Å². The lowest BCUT2D eigenvalue weighted by Gasteiger charge is -2.07. The van der Waals surface area contributed by atoms with Gasteiger partial charge in [-0.05, 0) is 24.3 Å². The van der Waals surface area contributed by atoms with Gasteiger partial charge in [0.05, 0.1) is 10.6 Å². The molecule has 1 heterocycles. The zero-order valence-electron chi connectivity index (χ0n) is 12.6. The molecular weight excluding hydrogens is 318 g/mol. The van der Waals surface area contributed by atoms with Crippen LogP contribution >= 0.6 is 0 Å². The van der Waals surface area contributed by atoms with Gasteiger partial charge in [0, 0.05) is 37.8 Å². The van der Waals surface area contributed by atoms with Gasteiger partial charge in [0.1, 0.15) is 0 Å². The van der Waals surface area contributed by atoms with Gasteiger partial charge in [-0.2, -0.15) is 5.10 Å². The minimum absolute atomic E-state index is 0.176. The number of benzene rings is 1. The first-order valence-corrected chi connectivity index (χ1v) is 8.50. The number of carbonyl (C=O) groups is 1. The highest BCUT2D eigenvalue weighted by Crippen LogP contribution is 2.12. The van der Waals surface area contributed by atoms with Gasteiger partial charge in [-0.3, -0.25) is 9.59 Å². The normalized spacial score (nSPS) is 11.6. The molecule has 0 aliphatic carbocycles. The molecule has 0 radical (unpaired) electrons. The lowest BCUT2D eigenvalue weighted by Crippen LogP contribution is -2.19. The molecular formula is C15H15N3O4S. The van der Waals surface area contributed by atoms with Crippen LogP contribution in [-0.4, -0.2) is 37.3 Å². The van der Waals surface area contributed by atoms with Crippen LogP contribution in [0, 0.1) is 0 Å². The molecule has 0 aliphatic heterocycles. The largest absolute Gasteiger partial charge is 0.394 e. The Hall–Kier alpha value is -2.74. The van der Waals surface area contributed by atoms with Gasteiger partial charge in [-0.1, -0.05) is 0 Å². The molecule has 0 saturated heterocycles. The maximum atomic E-state index is 11.9. The first-order valence-electron chi connectivity index (χ1n) is 6.61. The zero-order valence-corrected chi connectivity index (χ0v) is 13.4. The Kier molecular flexibility index (Phi) is 4.75. The molecule has 0 aliphatic rings. The number of allylic oxidation sites excluding steroid dienone is 1. The Morgan fingerprint density at radius 1 is 1.22 bits per heavy atom. The van der Waals surface area contributed by atoms with Crippen molar-refractivity contribution >= 4 is 15.6 Å². The van der Waals surface area contributed by atoms with E-state index in [1.807, 2.05) is 0 Å². The van der Waals surface area contributed by atoms with Crippen LogP contribution in [0.4, 0.5) is 0 Å². The van der Waals surface area contributed by atoms with Crippen molar-refractivity contribution < 1.29 is 13.2 Å². The van der Waals surface area contributed by atoms with Crippen LogP contribution < -0.4 is 10.7 Å². The summed E-state index contributed by atoms with van der Waals surface area (Å²) in [7, 11) is -1.66. The predicted octanol–water partition coefficient (Wildman–Crippen LogP) is 0.552. The van der Waals surface area contributed by atoms with Crippen LogP contribution in [0.5, 0.6) is 0 Å². The number of nitrogens with one attached hydrogen (secondary N) is 1. The molecule has 7 nitrogen and oxygen atoms in total. The summed E-state index contributed by atoms with van der Waals surface area (Å²) in [5.74, 6) is -0.522. The van der Waals surface area contributed by atoms with Crippen molar-refractivity contribution in [3.05, 3.63) is 64.7 Å². The smallest absolute Gasteiger partial charge is 0.211 e. The van der Waals surface area contributed by atoms with E-state index in [0.717, 1.165) is 6.26 Å². The third-order valence-electron chi connectivity index (χ3n) is 2.97. The number of rotatable bonds is 5. The average Bonchev–Trinajstić information content (AvgIpc) is 2.52. The van der Waals surface area contributed by atoms with Crippen molar-refractivity contribution in [2.75, 3.05) is 13.3 Å². The highest BCUT2D eigenvalue weighted by Gasteiger charge is 2.11. The maximum Gasteiger partial charge on any atom is 0.211 e. The summed E-state index contributed by atoms with van der Waals surface area (Å²) in [6, 6.07) is 7.20. The minimum Gasteiger partial charge on any atom is -0.394 e. The molecule has 0 atom stereocenters. The lowest BCUT2D eigenvalue weighted by atomic mass is 10.2. The second-order valence-corrected chi connectivity index (χ2v) is 6.74. The van der Waals surface area contributed by atoms with Crippen LogP contribution in [-0.2, 0) is 9.84 Å². The van der Waals surface area contributed by atoms with Crippen LogP contribution in [0.3, 0.4) is 0 Å². The van der Waals surface area contributed by atoms with Crippen molar-refractivity contribution in [2.45, 2.75) is 4.90 Å². The average molecular weight is 333 g/mol. The molecule has 1 aromatic carbocycles. The van der Waals surface area contributed by atoms with Crippen LogP contribution in [0.2, 0.25) is 0 Å². The van der Waals surface area contributed by atoms with Gasteiger partial charge >= 0.3 is 0 Å². The first kappa shape index (κ1) is 16.6. The molecule has 1 aromatic heterocycles. The molecule has 120 valence electrons. The van der Waals surface area contributed by atoms with Crippen LogP contribution in [0.1, 0.15) is 10.5 Å². The monoisotopic (exact) mass is 333 g/mol. The van der Waals surface area contributed by atoms with Crippen LogP contribution in [0.25, 0.3) is 5.69 Å². The SMILES string of the molecule is CN/C=C/C(=O)c1nn(-c2ccc(S(C)(=O)=O)cc2)ccc1=O. The van der Waals surface area contributed by atoms with E-state index in [1.54, 1.807) is 19.2 Å². The fourth-order valence-corrected chi connectivity index (χ4v) is 2.44. The molecule has 0 spiro atoms. The standard InChI is InChI=1S/C15H15N3O4S/c1-16-9-7-13(19)15-14(20)8-10-18(17-15)11-3-5-12(6-4-11)23(2,21)22/h3-10,16H,1-2H3/b9-7+. The lowest BCUT2D eigenvalue weighted by molar-refractivity contribution is 0.103. The fourth-order valence-electron chi connectivity index (χ4n) is 1.81. The van der Waals surface area contributed by atoms with E-state index in [9.17, 15) is 18.0 Å². The molecule has 8 heteroatoms. The molecule has 0 saturated carbocycles. The van der Waals surface area contributed by atoms with Gasteiger partial charge in [0.25, 0.3) is 0 Å². The summed E-state index contributed by atoms with van der Waals surface area (Å²) in [5, 5.41) is 6.67. The quantitative estimate of drug-likeness (QED) is 0.634. The van der Waals surface area contributed by atoms with Crippen molar-refractivity contribution in [3.8, 4) is 5.69 Å². The summed E-state index contributed by atoms with van der Waals surface area (Å²) in [6.07, 6.45) is 5.14. The summed E-state index contributed by atoms with van der Waals surface area (Å²) in [4.78, 5) is 23.9. The molecule has 1 N–H and O–H groups in total. The van der Waals surface area contributed by atoms with Gasteiger partial charge < -0.3 is 5.32 Å². The van der Waals surface area contributed by atoms with Crippen molar-refractivity contribution in [1.82, 2.24) is 15.1 Å². The van der Waals surface area contributed by atoms with Crippen molar-refractivity contribution in [3.63, 3.8) is 0 Å². The molecule has 23 heavy (non-hydrogen) atoms. The predicted molar refractivity (Wildman–Crippen MR) is 85.5 cm³/mol. The van der Waals surface area contributed by atoms with Gasteiger partial charge in [0.15, 0.2) is 15.5 Å². The summed E-state index contributed by atoms with van der Waals surface area (Å²) in [5.41, 5.74) is -0.171. The van der Waals surface area contributed by atoms with E-state index in [0.29, 0.717) is 5.69 Å². The number of sulfone groups is 1. The molecule has 2 aromatic rings. The second-order valence-electron chi connectivity index (χ2n) is 4.73. The zero-order chi connectivity index (χ0) is 17.0. The Labute approximate surface area is 133 Å². The minimum atomic E-state index is -3.29. The van der Waals surface area contributed by atoms with Crippen molar-refractivity contribution in [1.29, 1.82) is 0 Å². The van der Waals surface area contributed by atoms with Gasteiger partial charge in [-0.15, -0.1) is 0 Å². The van der Waals surface area contributed by atoms with E-state index in [-0.39, 0.29) is 10.6 Å². The van der Waals surface area contributed by atoms with E-state index in [2.05, 4.69) is 10.4 Å². The number of carbonyl (C=O) groups excluding carboxylic acids is 1. The number of hydrogen-bond acceptors (Lipinski definition) is 6. The topological polar surface area (TPSA) is 98.1 Å². The van der Waals surface area contributed by atoms with E-state index >= 15 is 0 Å². The number of aromatic nitrogens is 2. The van der Waals surface area contributed by atoms with E-state index < -0.39 is 21.0 Å². The first-order chi connectivity index (χ1) is 10.8. The van der Waals surface area contributed by atoms with Crippen LogP contribution in [0.15, 0.2) is 58.5 Å². The Morgan fingerprint density at radius 2 is 1.87 bits per heavy atom. The Balaban J connectivity index is 2.43.